The highest BCUT2D eigenvalue weighted by atomic mass is 32.1. The quantitative estimate of drug-likeness (QED) is 0.871. The third-order valence-electron chi connectivity index (χ3n) is 2.74. The monoisotopic (exact) mass is 275 g/mol. The van der Waals surface area contributed by atoms with Crippen LogP contribution in [-0.4, -0.2) is 16.5 Å². The number of thiocarbonyl (C=S) groups is 1. The highest BCUT2D eigenvalue weighted by Crippen LogP contribution is 2.24. The molecule has 3 nitrogen and oxygen atoms in total. The highest BCUT2D eigenvalue weighted by Gasteiger charge is 2.10. The van der Waals surface area contributed by atoms with E-state index in [-0.39, 0.29) is 5.82 Å². The maximum Gasteiger partial charge on any atom is 0.133 e. The van der Waals surface area contributed by atoms with Crippen molar-refractivity contribution in [1.82, 2.24) is 4.98 Å². The Morgan fingerprint density at radius 1 is 1.37 bits per heavy atom. The molecule has 1 aromatic heterocycles. The second-order valence-electron chi connectivity index (χ2n) is 3.99. The summed E-state index contributed by atoms with van der Waals surface area (Å²) in [6, 6.07) is 9.95. The molecule has 0 radical (unpaired) electrons. The zero-order valence-electron chi connectivity index (χ0n) is 10.5. The highest BCUT2D eigenvalue weighted by molar-refractivity contribution is 7.80. The molecule has 1 heterocycles. The van der Waals surface area contributed by atoms with Crippen molar-refractivity contribution in [2.24, 2.45) is 5.73 Å². The molecule has 0 atom stereocenters. The fraction of sp³-hybridized carbons (Fsp3) is 0.143. The molecule has 0 saturated heterocycles. The van der Waals surface area contributed by atoms with Crippen molar-refractivity contribution < 1.29 is 4.39 Å². The van der Waals surface area contributed by atoms with Crippen LogP contribution < -0.4 is 10.6 Å². The smallest absolute Gasteiger partial charge is 0.133 e. The summed E-state index contributed by atoms with van der Waals surface area (Å²) in [7, 11) is 0. The van der Waals surface area contributed by atoms with Gasteiger partial charge in [0.25, 0.3) is 0 Å². The minimum Gasteiger partial charge on any atom is -0.389 e. The Labute approximate surface area is 116 Å². The fourth-order valence-electron chi connectivity index (χ4n) is 1.84. The number of hydrogen-bond acceptors (Lipinski definition) is 3. The average molecular weight is 275 g/mol. The van der Waals surface area contributed by atoms with Crippen LogP contribution in [0.1, 0.15) is 12.5 Å². The molecule has 2 aromatic rings. The van der Waals surface area contributed by atoms with E-state index in [1.54, 1.807) is 24.4 Å². The molecular formula is C14H14FN3S. The lowest BCUT2D eigenvalue weighted by atomic mass is 10.2. The average Bonchev–Trinajstić information content (AvgIpc) is 2.40. The van der Waals surface area contributed by atoms with Gasteiger partial charge < -0.3 is 10.6 Å². The second-order valence-corrected chi connectivity index (χ2v) is 4.43. The topological polar surface area (TPSA) is 42.1 Å². The third kappa shape index (κ3) is 3.06. The van der Waals surface area contributed by atoms with E-state index in [0.29, 0.717) is 17.4 Å². The predicted molar refractivity (Wildman–Crippen MR) is 79.2 cm³/mol. The first-order chi connectivity index (χ1) is 9.11. The van der Waals surface area contributed by atoms with Crippen LogP contribution >= 0.6 is 12.2 Å². The molecule has 98 valence electrons. The summed E-state index contributed by atoms with van der Waals surface area (Å²) in [4.78, 5) is 6.50. The van der Waals surface area contributed by atoms with Gasteiger partial charge in [-0.2, -0.15) is 0 Å². The maximum absolute atomic E-state index is 13.3. The largest absolute Gasteiger partial charge is 0.389 e. The number of hydrogen-bond donors (Lipinski definition) is 1. The van der Waals surface area contributed by atoms with Crippen LogP contribution in [0.4, 0.5) is 15.9 Å². The Kier molecular flexibility index (Phi) is 4.06. The minimum atomic E-state index is -0.276. The molecule has 19 heavy (non-hydrogen) atoms. The van der Waals surface area contributed by atoms with Crippen LogP contribution in [0.15, 0.2) is 42.6 Å². The van der Waals surface area contributed by atoms with E-state index in [4.69, 9.17) is 18.0 Å². The first-order valence-electron chi connectivity index (χ1n) is 5.90. The summed E-state index contributed by atoms with van der Waals surface area (Å²) in [5.41, 5.74) is 7.10. The van der Waals surface area contributed by atoms with Crippen molar-refractivity contribution in [3.05, 3.63) is 54.0 Å². The molecule has 0 bridgehead atoms. The molecule has 0 unspecified atom stereocenters. The number of halogens is 1. The number of pyridine rings is 1. The Hall–Kier alpha value is -2.01. The lowest BCUT2D eigenvalue weighted by Gasteiger charge is -2.22. The fourth-order valence-corrected chi connectivity index (χ4v) is 1.97. The third-order valence-corrected chi connectivity index (χ3v) is 2.98. The van der Waals surface area contributed by atoms with Crippen molar-refractivity contribution in [2.75, 3.05) is 11.4 Å². The molecule has 0 aliphatic heterocycles. The lowest BCUT2D eigenvalue weighted by molar-refractivity contribution is 0.627. The summed E-state index contributed by atoms with van der Waals surface area (Å²) < 4.78 is 13.3. The van der Waals surface area contributed by atoms with Gasteiger partial charge in [0.15, 0.2) is 0 Å². The van der Waals surface area contributed by atoms with Gasteiger partial charge in [0.05, 0.1) is 0 Å². The van der Waals surface area contributed by atoms with Crippen molar-refractivity contribution >= 4 is 28.7 Å². The molecule has 0 spiro atoms. The lowest BCUT2D eigenvalue weighted by Crippen LogP contribution is -2.18. The Bertz CT molecular complexity index is 601. The van der Waals surface area contributed by atoms with Gasteiger partial charge in [-0.1, -0.05) is 18.3 Å². The van der Waals surface area contributed by atoms with Gasteiger partial charge in [0.2, 0.25) is 0 Å². The van der Waals surface area contributed by atoms with Crippen molar-refractivity contribution in [3.63, 3.8) is 0 Å². The van der Waals surface area contributed by atoms with Gasteiger partial charge in [0, 0.05) is 24.0 Å². The van der Waals surface area contributed by atoms with Crippen molar-refractivity contribution in [3.8, 4) is 0 Å². The SMILES string of the molecule is CCN(c1cccc(F)c1)c1cc(C(N)=S)ccn1. The van der Waals surface area contributed by atoms with Crippen LogP contribution in [0.5, 0.6) is 0 Å². The predicted octanol–water partition coefficient (Wildman–Crippen LogP) is 3.01. The number of anilines is 2. The van der Waals surface area contributed by atoms with Gasteiger partial charge in [-0.25, -0.2) is 9.37 Å². The van der Waals surface area contributed by atoms with Crippen LogP contribution in [-0.2, 0) is 0 Å². The zero-order valence-corrected chi connectivity index (χ0v) is 11.3. The Morgan fingerprint density at radius 2 is 2.16 bits per heavy atom. The Morgan fingerprint density at radius 3 is 2.79 bits per heavy atom. The normalized spacial score (nSPS) is 10.2. The Balaban J connectivity index is 2.42. The van der Waals surface area contributed by atoms with E-state index in [0.717, 1.165) is 11.3 Å². The van der Waals surface area contributed by atoms with Gasteiger partial charge in [-0.3, -0.25) is 0 Å². The molecule has 0 amide bonds. The molecule has 1 aromatic carbocycles. The summed E-state index contributed by atoms with van der Waals surface area (Å²) in [5.74, 6) is 0.417. The van der Waals surface area contributed by atoms with Gasteiger partial charge in [-0.15, -0.1) is 0 Å². The van der Waals surface area contributed by atoms with Crippen molar-refractivity contribution in [1.29, 1.82) is 0 Å². The first-order valence-corrected chi connectivity index (χ1v) is 6.31. The summed E-state index contributed by atoms with van der Waals surface area (Å²) in [6.45, 7) is 2.64. The molecule has 0 aliphatic rings. The van der Waals surface area contributed by atoms with Crippen LogP contribution in [0.3, 0.4) is 0 Å². The van der Waals surface area contributed by atoms with E-state index in [9.17, 15) is 4.39 Å². The number of rotatable bonds is 4. The number of nitrogens with two attached hydrogens (primary N) is 1. The van der Waals surface area contributed by atoms with Crippen LogP contribution in [0.25, 0.3) is 0 Å². The second kappa shape index (κ2) is 5.75. The number of benzene rings is 1. The summed E-state index contributed by atoms with van der Waals surface area (Å²) in [5, 5.41) is 0. The molecule has 5 heteroatoms. The van der Waals surface area contributed by atoms with E-state index < -0.39 is 0 Å². The first kappa shape index (κ1) is 13.4. The van der Waals surface area contributed by atoms with E-state index >= 15 is 0 Å². The van der Waals surface area contributed by atoms with Gasteiger partial charge in [0.1, 0.15) is 16.6 Å². The van der Waals surface area contributed by atoms with Gasteiger partial charge in [-0.05, 0) is 37.3 Å². The molecule has 2 rings (SSSR count). The molecule has 0 aliphatic carbocycles. The maximum atomic E-state index is 13.3. The van der Waals surface area contributed by atoms with Crippen molar-refractivity contribution in [2.45, 2.75) is 6.92 Å². The molecule has 0 fully saturated rings. The number of nitrogens with zero attached hydrogens (tertiary/aromatic N) is 2. The number of aromatic nitrogens is 1. The minimum absolute atomic E-state index is 0.276. The van der Waals surface area contributed by atoms with Gasteiger partial charge >= 0.3 is 0 Å². The van der Waals surface area contributed by atoms with Crippen LogP contribution in [0, 0.1) is 5.82 Å². The molecule has 2 N–H and O–H groups in total. The van der Waals surface area contributed by atoms with E-state index in [1.165, 1.54) is 12.1 Å². The van der Waals surface area contributed by atoms with E-state index in [2.05, 4.69) is 4.98 Å². The molecular weight excluding hydrogens is 261 g/mol. The van der Waals surface area contributed by atoms with Crippen LogP contribution in [0.2, 0.25) is 0 Å². The summed E-state index contributed by atoms with van der Waals surface area (Å²) >= 11 is 4.95. The zero-order chi connectivity index (χ0) is 13.8. The molecule has 0 saturated carbocycles. The standard InChI is InChI=1S/C14H14FN3S/c1-2-18(12-5-3-4-11(15)9-12)13-8-10(14(16)19)6-7-17-13/h3-9H,2H2,1H3,(H2,16,19). The van der Waals surface area contributed by atoms with E-state index in [1.807, 2.05) is 17.9 Å². The summed E-state index contributed by atoms with van der Waals surface area (Å²) in [6.07, 6.45) is 1.64.